The number of ether oxygens (including phenoxy) is 4. The molecule has 0 radical (unpaired) electrons. The van der Waals surface area contributed by atoms with E-state index in [2.05, 4.69) is 38.2 Å². The molecule has 0 bridgehead atoms. The van der Waals surface area contributed by atoms with Crippen molar-refractivity contribution in [2.24, 2.45) is 0 Å². The van der Waals surface area contributed by atoms with Gasteiger partial charge in [-0.2, -0.15) is 0 Å². The largest absolute Gasteiger partial charge is 0.457 e. The average Bonchev–Trinajstić information content (AvgIpc) is 3.13. The minimum Gasteiger partial charge on any atom is -0.457 e. The molecule has 0 aromatic heterocycles. The van der Waals surface area contributed by atoms with E-state index in [-0.39, 0.29) is 19.2 Å². The predicted octanol–water partition coefficient (Wildman–Crippen LogP) is 8.64. The lowest BCUT2D eigenvalue weighted by molar-refractivity contribution is -0.305. The van der Waals surface area contributed by atoms with Crippen LogP contribution in [0, 0.1) is 0 Å². The Morgan fingerprint density at radius 1 is 0.608 bits per heavy atom. The van der Waals surface area contributed by atoms with Crippen LogP contribution < -0.4 is 0 Å². The smallest absolute Gasteiger partial charge is 0.306 e. The zero-order chi connectivity index (χ0) is 37.2. The molecule has 1 fully saturated rings. The lowest BCUT2D eigenvalue weighted by atomic mass is 9.99. The number of carbonyl (C=O) groups excluding carboxylic acids is 1. The summed E-state index contributed by atoms with van der Waals surface area (Å²) in [6.07, 6.45) is 30.5. The Morgan fingerprint density at radius 3 is 1.61 bits per heavy atom. The quantitative estimate of drug-likeness (QED) is 0.0288. The van der Waals surface area contributed by atoms with Gasteiger partial charge >= 0.3 is 5.97 Å². The second-order valence-corrected chi connectivity index (χ2v) is 14.4. The molecule has 0 saturated carbocycles. The summed E-state index contributed by atoms with van der Waals surface area (Å²) in [4.78, 5) is 12.7. The van der Waals surface area contributed by atoms with E-state index in [1.54, 1.807) is 0 Å². The van der Waals surface area contributed by atoms with Crippen molar-refractivity contribution < 1.29 is 44.2 Å². The van der Waals surface area contributed by atoms with E-state index in [9.17, 15) is 25.2 Å². The topological polar surface area (TPSA) is 135 Å². The van der Waals surface area contributed by atoms with Crippen LogP contribution in [-0.4, -0.2) is 89.6 Å². The van der Waals surface area contributed by atoms with Crippen LogP contribution in [0.2, 0.25) is 0 Å². The minimum atomic E-state index is -1.54. The predicted molar refractivity (Wildman–Crippen MR) is 205 cm³/mol. The SMILES string of the molecule is CCCCCC/C=C\CCCCCCCCOCC(COC1OC(CO)C(O)C(O)C1O)OC(=O)CCCCCCC/C=C\CCCCCCC. The first-order chi connectivity index (χ1) is 24.9. The summed E-state index contributed by atoms with van der Waals surface area (Å²) >= 11 is 0. The molecule has 1 aliphatic rings. The van der Waals surface area contributed by atoms with Crippen molar-refractivity contribution in [3.05, 3.63) is 24.3 Å². The molecule has 300 valence electrons. The maximum absolute atomic E-state index is 12.7. The van der Waals surface area contributed by atoms with Gasteiger partial charge in [0.25, 0.3) is 0 Å². The normalized spacial score (nSPS) is 21.6. The van der Waals surface area contributed by atoms with Gasteiger partial charge in [0.15, 0.2) is 6.29 Å². The zero-order valence-electron chi connectivity index (χ0n) is 32.6. The van der Waals surface area contributed by atoms with Gasteiger partial charge < -0.3 is 39.4 Å². The summed E-state index contributed by atoms with van der Waals surface area (Å²) in [6, 6.07) is 0. The third kappa shape index (κ3) is 26.1. The van der Waals surface area contributed by atoms with E-state index < -0.39 is 43.4 Å². The van der Waals surface area contributed by atoms with Crippen molar-refractivity contribution in [1.29, 1.82) is 0 Å². The van der Waals surface area contributed by atoms with Crippen LogP contribution in [0.3, 0.4) is 0 Å². The van der Waals surface area contributed by atoms with Crippen molar-refractivity contribution in [3.8, 4) is 0 Å². The number of aliphatic hydroxyl groups is 4. The fraction of sp³-hybridized carbons (Fsp3) is 0.881. The minimum absolute atomic E-state index is 0.117. The zero-order valence-corrected chi connectivity index (χ0v) is 32.6. The monoisotopic (exact) mass is 727 g/mol. The Hall–Kier alpha value is -1.33. The molecule has 1 aliphatic heterocycles. The van der Waals surface area contributed by atoms with E-state index in [4.69, 9.17) is 18.9 Å². The van der Waals surface area contributed by atoms with Crippen LogP contribution in [0.15, 0.2) is 24.3 Å². The molecule has 0 aromatic carbocycles. The van der Waals surface area contributed by atoms with Crippen molar-refractivity contribution in [3.63, 3.8) is 0 Å². The molecule has 1 rings (SSSR count). The van der Waals surface area contributed by atoms with Gasteiger partial charge in [-0.15, -0.1) is 0 Å². The van der Waals surface area contributed by atoms with Crippen LogP contribution in [0.5, 0.6) is 0 Å². The molecule has 0 aliphatic carbocycles. The third-order valence-corrected chi connectivity index (χ3v) is 9.59. The molecule has 0 amide bonds. The Balaban J connectivity index is 2.31. The molecular formula is C42H78O9. The van der Waals surface area contributed by atoms with Crippen LogP contribution in [0.25, 0.3) is 0 Å². The lowest BCUT2D eigenvalue weighted by Gasteiger charge is -2.39. The van der Waals surface area contributed by atoms with Crippen LogP contribution in [0.4, 0.5) is 0 Å². The van der Waals surface area contributed by atoms with Gasteiger partial charge in [-0.3, -0.25) is 4.79 Å². The number of hydrogen-bond acceptors (Lipinski definition) is 9. The standard InChI is InChI=1S/C42H78O9/c1-3-5-7-9-11-13-15-17-19-21-23-25-27-29-31-38(44)50-36(35-49-42-41(47)40(46)39(45)37(33-43)51-42)34-48-32-30-28-26-24-22-20-18-16-14-12-10-8-6-4-2/h14-17,36-37,39-43,45-47H,3-13,18-35H2,1-2H3/b16-14-,17-15-. The number of hydrogen-bond donors (Lipinski definition) is 4. The molecule has 4 N–H and O–H groups in total. The molecule has 9 nitrogen and oxygen atoms in total. The summed E-state index contributed by atoms with van der Waals surface area (Å²) in [6.45, 7) is 4.51. The van der Waals surface area contributed by atoms with E-state index in [0.717, 1.165) is 44.9 Å². The first-order valence-electron chi connectivity index (χ1n) is 20.9. The van der Waals surface area contributed by atoms with Crippen molar-refractivity contribution >= 4 is 5.97 Å². The van der Waals surface area contributed by atoms with E-state index >= 15 is 0 Å². The molecule has 1 heterocycles. The lowest BCUT2D eigenvalue weighted by Crippen LogP contribution is -2.59. The highest BCUT2D eigenvalue weighted by atomic mass is 16.7. The highest BCUT2D eigenvalue weighted by molar-refractivity contribution is 5.69. The molecule has 6 atom stereocenters. The van der Waals surface area contributed by atoms with Gasteiger partial charge in [0.2, 0.25) is 0 Å². The van der Waals surface area contributed by atoms with Crippen molar-refractivity contribution in [2.75, 3.05) is 26.4 Å². The molecule has 1 saturated heterocycles. The van der Waals surface area contributed by atoms with Crippen LogP contribution in [0.1, 0.15) is 174 Å². The number of rotatable bonds is 35. The second kappa shape index (κ2) is 34.4. The second-order valence-electron chi connectivity index (χ2n) is 14.4. The van der Waals surface area contributed by atoms with Gasteiger partial charge in [-0.25, -0.2) is 0 Å². The first-order valence-corrected chi connectivity index (χ1v) is 20.9. The van der Waals surface area contributed by atoms with Gasteiger partial charge in [0.05, 0.1) is 19.8 Å². The third-order valence-electron chi connectivity index (χ3n) is 9.59. The molecular weight excluding hydrogens is 648 g/mol. The fourth-order valence-corrected chi connectivity index (χ4v) is 6.24. The maximum atomic E-state index is 12.7. The molecule has 51 heavy (non-hydrogen) atoms. The van der Waals surface area contributed by atoms with E-state index in [1.165, 1.54) is 109 Å². The summed E-state index contributed by atoms with van der Waals surface area (Å²) in [7, 11) is 0. The van der Waals surface area contributed by atoms with Crippen LogP contribution in [-0.2, 0) is 23.7 Å². The Kier molecular flexibility index (Phi) is 32.2. The first kappa shape index (κ1) is 47.7. The maximum Gasteiger partial charge on any atom is 0.306 e. The number of allylic oxidation sites excluding steroid dienone is 4. The molecule has 0 aromatic rings. The van der Waals surface area contributed by atoms with Crippen molar-refractivity contribution in [1.82, 2.24) is 0 Å². The highest BCUT2D eigenvalue weighted by Gasteiger charge is 2.44. The average molecular weight is 727 g/mol. The number of aliphatic hydroxyl groups excluding tert-OH is 4. The summed E-state index contributed by atoms with van der Waals surface area (Å²) in [5.74, 6) is -0.325. The van der Waals surface area contributed by atoms with E-state index in [1.807, 2.05) is 0 Å². The Labute approximate surface area is 311 Å². The van der Waals surface area contributed by atoms with Crippen LogP contribution >= 0.6 is 0 Å². The summed E-state index contributed by atoms with van der Waals surface area (Å²) < 4.78 is 22.7. The Bertz CT molecular complexity index is 833. The summed E-state index contributed by atoms with van der Waals surface area (Å²) in [5, 5.41) is 40.0. The number of esters is 1. The Morgan fingerprint density at radius 2 is 1.08 bits per heavy atom. The van der Waals surface area contributed by atoms with Gasteiger partial charge in [-0.1, -0.05) is 128 Å². The highest BCUT2D eigenvalue weighted by Crippen LogP contribution is 2.22. The van der Waals surface area contributed by atoms with Gasteiger partial charge in [0.1, 0.15) is 30.5 Å². The molecule has 0 spiro atoms. The number of unbranched alkanes of at least 4 members (excludes halogenated alkanes) is 20. The van der Waals surface area contributed by atoms with Gasteiger partial charge in [0, 0.05) is 13.0 Å². The molecule has 6 unspecified atom stereocenters. The van der Waals surface area contributed by atoms with E-state index in [0.29, 0.717) is 13.0 Å². The van der Waals surface area contributed by atoms with Crippen molar-refractivity contribution in [2.45, 2.75) is 211 Å². The van der Waals surface area contributed by atoms with Gasteiger partial charge in [-0.05, 0) is 64.2 Å². The summed E-state index contributed by atoms with van der Waals surface area (Å²) in [5.41, 5.74) is 0. The molecule has 9 heteroatoms. The number of carbonyl (C=O) groups is 1. The fourth-order valence-electron chi connectivity index (χ4n) is 6.24.